The quantitative estimate of drug-likeness (QED) is 0.260. The van der Waals surface area contributed by atoms with Crippen LogP contribution in [0.1, 0.15) is 71.4 Å². The number of benzene rings is 2. The van der Waals surface area contributed by atoms with Gasteiger partial charge in [-0.15, -0.1) is 0 Å². The summed E-state index contributed by atoms with van der Waals surface area (Å²) in [6.45, 7) is 3.58. The average Bonchev–Trinajstić information content (AvgIpc) is 3.33. The lowest BCUT2D eigenvalue weighted by molar-refractivity contribution is -0.138. The molecule has 45 heavy (non-hydrogen) atoms. The molecule has 0 bridgehead atoms. The Kier molecular flexibility index (Phi) is 8.13. The van der Waals surface area contributed by atoms with Crippen LogP contribution in [0.15, 0.2) is 36.4 Å². The SMILES string of the molecule is CC1(C)C(=O)N(c2ccc(C#N)c(C(F)(F)F)c2)C(=S)N1CCCCOc1cccc2c1C(=O)N(C1CCC(=O)NC1=O)C2=O. The number of amides is 5. The van der Waals surface area contributed by atoms with E-state index in [-0.39, 0.29) is 53.7 Å². The Hall–Kier alpha value is -4.84. The van der Waals surface area contributed by atoms with Crippen molar-refractivity contribution in [1.29, 1.82) is 5.26 Å². The van der Waals surface area contributed by atoms with E-state index in [2.05, 4.69) is 5.32 Å². The number of ether oxygens (including phenoxy) is 1. The van der Waals surface area contributed by atoms with Gasteiger partial charge in [0.2, 0.25) is 11.8 Å². The number of fused-ring (bicyclic) bond motifs is 1. The molecule has 1 unspecified atom stereocenters. The molecule has 5 rings (SSSR count). The predicted octanol–water partition coefficient (Wildman–Crippen LogP) is 3.55. The summed E-state index contributed by atoms with van der Waals surface area (Å²) in [4.78, 5) is 66.9. The molecule has 1 atom stereocenters. The van der Waals surface area contributed by atoms with Gasteiger partial charge in [0.1, 0.15) is 17.3 Å². The van der Waals surface area contributed by atoms with Gasteiger partial charge in [-0.3, -0.25) is 39.1 Å². The van der Waals surface area contributed by atoms with Crippen LogP contribution in [0, 0.1) is 11.3 Å². The van der Waals surface area contributed by atoms with Crippen LogP contribution in [-0.2, 0) is 20.6 Å². The molecule has 0 saturated carbocycles. The maximum Gasteiger partial charge on any atom is 0.417 e. The van der Waals surface area contributed by atoms with E-state index < -0.39 is 58.4 Å². The summed E-state index contributed by atoms with van der Waals surface area (Å²) < 4.78 is 46.5. The molecular formula is C30H26F3N5O6S. The van der Waals surface area contributed by atoms with Gasteiger partial charge in [-0.05, 0) is 75.7 Å². The van der Waals surface area contributed by atoms with Crippen LogP contribution in [0.5, 0.6) is 5.75 Å². The lowest BCUT2D eigenvalue weighted by atomic mass is 10.0. The third kappa shape index (κ3) is 5.50. The molecular weight excluding hydrogens is 615 g/mol. The highest BCUT2D eigenvalue weighted by molar-refractivity contribution is 7.80. The van der Waals surface area contributed by atoms with Crippen molar-refractivity contribution in [3.05, 3.63) is 58.7 Å². The zero-order valence-electron chi connectivity index (χ0n) is 24.1. The van der Waals surface area contributed by atoms with Crippen molar-refractivity contribution in [1.82, 2.24) is 15.1 Å². The number of hydrogen-bond acceptors (Lipinski definition) is 8. The minimum absolute atomic E-state index is 0.00411. The van der Waals surface area contributed by atoms with E-state index in [0.29, 0.717) is 12.8 Å². The highest BCUT2D eigenvalue weighted by Crippen LogP contribution is 2.38. The van der Waals surface area contributed by atoms with Crippen molar-refractivity contribution in [2.45, 2.75) is 57.3 Å². The maximum absolute atomic E-state index is 13.6. The number of thiocarbonyl (C=S) groups is 1. The number of unbranched alkanes of at least 4 members (excludes halogenated alkanes) is 1. The third-order valence-corrected chi connectivity index (χ3v) is 8.38. The number of carbonyl (C=O) groups excluding carboxylic acids is 5. The second kappa shape index (κ2) is 11.6. The van der Waals surface area contributed by atoms with Gasteiger partial charge in [-0.25, -0.2) is 0 Å². The Morgan fingerprint density at radius 2 is 1.82 bits per heavy atom. The zero-order chi connectivity index (χ0) is 32.8. The van der Waals surface area contributed by atoms with Crippen LogP contribution in [-0.4, -0.2) is 69.2 Å². The molecule has 0 aromatic heterocycles. The largest absolute Gasteiger partial charge is 0.493 e. The second-order valence-electron chi connectivity index (χ2n) is 11.2. The van der Waals surface area contributed by atoms with Crippen molar-refractivity contribution < 1.29 is 41.9 Å². The van der Waals surface area contributed by atoms with E-state index in [0.717, 1.165) is 21.9 Å². The fourth-order valence-corrected chi connectivity index (χ4v) is 6.11. The van der Waals surface area contributed by atoms with E-state index in [1.54, 1.807) is 24.8 Å². The predicted molar refractivity (Wildman–Crippen MR) is 155 cm³/mol. The van der Waals surface area contributed by atoms with Gasteiger partial charge >= 0.3 is 6.18 Å². The summed E-state index contributed by atoms with van der Waals surface area (Å²) in [5.41, 5.74) is -2.90. The second-order valence-corrected chi connectivity index (χ2v) is 11.5. The first-order valence-corrected chi connectivity index (χ1v) is 14.3. The zero-order valence-corrected chi connectivity index (χ0v) is 24.9. The number of anilines is 1. The molecule has 2 aromatic rings. The molecule has 5 amide bonds. The number of nitriles is 1. The molecule has 0 aliphatic carbocycles. The molecule has 3 aliphatic rings. The summed E-state index contributed by atoms with van der Waals surface area (Å²) in [7, 11) is 0. The Morgan fingerprint density at radius 1 is 1.09 bits per heavy atom. The molecule has 0 spiro atoms. The number of piperidine rings is 1. The Morgan fingerprint density at radius 3 is 2.49 bits per heavy atom. The van der Waals surface area contributed by atoms with Crippen LogP contribution < -0.4 is 15.0 Å². The van der Waals surface area contributed by atoms with E-state index in [1.807, 2.05) is 0 Å². The normalized spacial score (nSPS) is 19.6. The van der Waals surface area contributed by atoms with E-state index >= 15 is 0 Å². The average molecular weight is 642 g/mol. The van der Waals surface area contributed by atoms with Crippen molar-refractivity contribution >= 4 is 52.6 Å². The van der Waals surface area contributed by atoms with Gasteiger partial charge in [-0.2, -0.15) is 18.4 Å². The first kappa shape index (κ1) is 31.6. The Balaban J connectivity index is 1.23. The minimum Gasteiger partial charge on any atom is -0.493 e. The topological polar surface area (TPSA) is 140 Å². The molecule has 2 aromatic carbocycles. The fourth-order valence-electron chi connectivity index (χ4n) is 5.60. The van der Waals surface area contributed by atoms with Gasteiger partial charge in [0.25, 0.3) is 17.7 Å². The van der Waals surface area contributed by atoms with Gasteiger partial charge in [0.05, 0.1) is 40.6 Å². The molecule has 11 nitrogen and oxygen atoms in total. The first-order chi connectivity index (χ1) is 21.2. The van der Waals surface area contributed by atoms with Gasteiger partial charge in [0, 0.05) is 13.0 Å². The van der Waals surface area contributed by atoms with E-state index in [9.17, 15) is 37.1 Å². The molecule has 1 N–H and O–H groups in total. The summed E-state index contributed by atoms with van der Waals surface area (Å²) in [5, 5.41) is 11.3. The van der Waals surface area contributed by atoms with Crippen molar-refractivity contribution in [2.24, 2.45) is 0 Å². The molecule has 0 radical (unpaired) electrons. The monoisotopic (exact) mass is 641 g/mol. The highest BCUT2D eigenvalue weighted by Gasteiger charge is 2.50. The van der Waals surface area contributed by atoms with Crippen molar-refractivity contribution in [3.63, 3.8) is 0 Å². The summed E-state index contributed by atoms with van der Waals surface area (Å²) >= 11 is 5.51. The van der Waals surface area contributed by atoms with Gasteiger partial charge in [0.15, 0.2) is 5.11 Å². The number of halogens is 3. The number of imide groups is 2. The van der Waals surface area contributed by atoms with Gasteiger partial charge < -0.3 is 9.64 Å². The van der Waals surface area contributed by atoms with Crippen LogP contribution in [0.2, 0.25) is 0 Å². The standard InChI is InChI=1S/C30H26F3N5O6S/c1-29(2)27(43)37(17-9-8-16(15-34)19(14-17)30(31,32)33)28(45)36(29)12-3-4-13-44-21-7-5-6-18-23(21)26(42)38(25(18)41)20-10-11-22(39)35-24(20)40/h5-9,14,20H,3-4,10-13H2,1-2H3,(H,35,39,40). The van der Waals surface area contributed by atoms with Crippen LogP contribution in [0.25, 0.3) is 0 Å². The first-order valence-electron chi connectivity index (χ1n) is 13.9. The molecule has 234 valence electrons. The fraction of sp³-hybridized carbons (Fsp3) is 0.367. The van der Waals surface area contributed by atoms with Crippen molar-refractivity contribution in [3.8, 4) is 11.8 Å². The number of nitrogens with one attached hydrogen (secondary N) is 1. The Bertz CT molecular complexity index is 1700. The highest BCUT2D eigenvalue weighted by atomic mass is 32.1. The number of rotatable bonds is 8. The lowest BCUT2D eigenvalue weighted by Crippen LogP contribution is -2.54. The van der Waals surface area contributed by atoms with E-state index in [4.69, 9.17) is 22.2 Å². The van der Waals surface area contributed by atoms with Crippen LogP contribution in [0.3, 0.4) is 0 Å². The molecule has 2 fully saturated rings. The number of hydrogen-bond donors (Lipinski definition) is 1. The number of carbonyl (C=O) groups is 5. The Labute approximate surface area is 260 Å². The smallest absolute Gasteiger partial charge is 0.417 e. The number of alkyl halides is 3. The molecule has 3 aliphatic heterocycles. The summed E-state index contributed by atoms with van der Waals surface area (Å²) in [5.74, 6) is -2.91. The maximum atomic E-state index is 13.6. The third-order valence-electron chi connectivity index (χ3n) is 7.97. The number of nitrogens with zero attached hydrogens (tertiary/aromatic N) is 4. The van der Waals surface area contributed by atoms with Crippen LogP contribution >= 0.6 is 12.2 Å². The lowest BCUT2D eigenvalue weighted by Gasteiger charge is -2.29. The molecule has 3 heterocycles. The molecule has 15 heteroatoms. The van der Waals surface area contributed by atoms with Gasteiger partial charge in [-0.1, -0.05) is 6.07 Å². The summed E-state index contributed by atoms with van der Waals surface area (Å²) in [6, 6.07) is 7.93. The molecule has 2 saturated heterocycles. The van der Waals surface area contributed by atoms with E-state index in [1.165, 1.54) is 24.3 Å². The van der Waals surface area contributed by atoms with Crippen LogP contribution in [0.4, 0.5) is 18.9 Å². The van der Waals surface area contributed by atoms with Crippen molar-refractivity contribution in [2.75, 3.05) is 18.1 Å². The minimum atomic E-state index is -4.80. The summed E-state index contributed by atoms with van der Waals surface area (Å²) in [6.07, 6.45) is -3.93.